The lowest BCUT2D eigenvalue weighted by Gasteiger charge is -2.51. The predicted octanol–water partition coefficient (Wildman–Crippen LogP) is -7.37. The van der Waals surface area contributed by atoms with E-state index in [1.165, 1.54) is 24.3 Å². The first-order valence-corrected chi connectivity index (χ1v) is 41.3. The summed E-state index contributed by atoms with van der Waals surface area (Å²) in [6, 6.07) is 7.62. The van der Waals surface area contributed by atoms with Crippen molar-refractivity contribution in [3.05, 3.63) is 35.9 Å². The van der Waals surface area contributed by atoms with Crippen LogP contribution in [0.25, 0.3) is 0 Å². The highest BCUT2D eigenvalue weighted by molar-refractivity contribution is 7.82. The highest BCUT2D eigenvalue weighted by Crippen LogP contribution is 2.42. The van der Waals surface area contributed by atoms with Gasteiger partial charge in [0.2, 0.25) is 0 Å². The summed E-state index contributed by atoms with van der Waals surface area (Å²) in [5, 5.41) is 21.8. The van der Waals surface area contributed by atoms with Gasteiger partial charge in [-0.2, -0.15) is 75.8 Å². The Bertz CT molecular complexity index is 4250. The molecule has 0 aromatic heterocycles. The summed E-state index contributed by atoms with van der Waals surface area (Å²) in [7, 11) is -50.2. The fourth-order valence-corrected chi connectivity index (χ4v) is 15.1. The van der Waals surface area contributed by atoms with Crippen LogP contribution in [0.4, 0.5) is 0 Å². The molecule has 55 nitrogen and oxygen atoms in total. The van der Waals surface area contributed by atoms with E-state index in [1.54, 1.807) is 6.07 Å². The van der Waals surface area contributed by atoms with Crippen LogP contribution < -0.4 is 0 Å². The van der Waals surface area contributed by atoms with E-state index in [0.29, 0.717) is 19.8 Å². The van der Waals surface area contributed by atoms with Crippen LogP contribution in [0.5, 0.6) is 0 Å². The normalized spacial score (nSPS) is 34.6. The van der Waals surface area contributed by atoms with Gasteiger partial charge < -0.3 is 81.3 Å². The summed E-state index contributed by atoms with van der Waals surface area (Å²) in [4.78, 5) is 27.2. The van der Waals surface area contributed by atoms with Crippen LogP contribution in [0.3, 0.4) is 0 Å². The number of aryl methyl sites for hydroxylation is 1. The van der Waals surface area contributed by atoms with Gasteiger partial charge in [-0.05, 0) is 18.4 Å². The van der Waals surface area contributed by atoms with Gasteiger partial charge in [-0.3, -0.25) is 41.0 Å². The monoisotopic (exact) mass is 1760 g/mol. The van der Waals surface area contributed by atoms with Crippen molar-refractivity contribution in [1.82, 2.24) is 0 Å². The number of hydrogen-bond donors (Lipinski definition) is 11. The first kappa shape index (κ1) is 93.3. The molecule has 0 spiro atoms. The molecule has 5 aliphatic heterocycles. The van der Waals surface area contributed by atoms with E-state index < -0.39 is 285 Å². The molecule has 0 radical (unpaired) electrons. The van der Waals surface area contributed by atoms with Crippen molar-refractivity contribution in [1.29, 1.82) is 0 Å². The van der Waals surface area contributed by atoms with Gasteiger partial charge in [0, 0.05) is 42.2 Å². The minimum atomic E-state index is -6.42. The summed E-state index contributed by atoms with van der Waals surface area (Å²) in [6.45, 7) is -5.91. The van der Waals surface area contributed by atoms with Crippen LogP contribution in [-0.2, 0) is 218 Å². The second-order valence-electron chi connectivity index (χ2n) is 22.1. The second-order valence-corrected chi connectivity index (χ2v) is 31.6. The zero-order valence-corrected chi connectivity index (χ0v) is 62.0. The molecule has 0 unspecified atom stereocenters. The van der Waals surface area contributed by atoms with Gasteiger partial charge in [-0.25, -0.2) is 47.2 Å². The minimum absolute atomic E-state index is 0.0904. The number of carboxylic acids is 2. The van der Waals surface area contributed by atoms with Gasteiger partial charge in [-0.15, -0.1) is 0 Å². The molecule has 11 N–H and O–H groups in total. The number of carboxylic acid groups (broad SMARTS) is 2. The maximum atomic E-state index is 13.8. The van der Waals surface area contributed by atoms with Crippen LogP contribution in [0.2, 0.25) is 0 Å². The molecule has 1 aromatic carbocycles. The number of rotatable bonds is 41. The molecule has 108 heavy (non-hydrogen) atoms. The van der Waals surface area contributed by atoms with E-state index in [-0.39, 0.29) is 12.8 Å². The van der Waals surface area contributed by atoms with Crippen molar-refractivity contribution >= 4 is 106 Å². The molecule has 0 amide bonds. The first-order valence-electron chi connectivity index (χ1n) is 29.0. The van der Waals surface area contributed by atoms with Crippen LogP contribution in [0.1, 0.15) is 12.0 Å². The van der Waals surface area contributed by atoms with Crippen molar-refractivity contribution in [3.8, 4) is 0 Å². The van der Waals surface area contributed by atoms with Crippen LogP contribution in [0, 0.1) is 0 Å². The molecule has 5 fully saturated rings. The topological polar surface area (TPSA) is 785 Å². The van der Waals surface area contributed by atoms with Gasteiger partial charge >= 0.3 is 106 Å². The molecule has 5 heterocycles. The molecular weight excluding hydrogens is 1700 g/mol. The molecule has 0 saturated carbocycles. The van der Waals surface area contributed by atoms with Crippen LogP contribution in [-0.4, -0.2) is 354 Å². The van der Waals surface area contributed by atoms with E-state index in [1.807, 2.05) is 0 Å². The van der Waals surface area contributed by atoms with Crippen LogP contribution in [0.15, 0.2) is 30.3 Å². The molecule has 1 aromatic rings. The Hall–Kier alpha value is -3.61. The van der Waals surface area contributed by atoms with E-state index in [9.17, 15) is 137 Å². The quantitative estimate of drug-likeness (QED) is 0.0214. The van der Waals surface area contributed by atoms with Crippen molar-refractivity contribution in [3.63, 3.8) is 0 Å². The van der Waals surface area contributed by atoms with Gasteiger partial charge in [0.1, 0.15) is 85.5 Å². The van der Waals surface area contributed by atoms with E-state index in [0.717, 1.165) is 21.3 Å². The largest absolute Gasteiger partial charge is 0.479 e. The Morgan fingerprint density at radius 1 is 0.324 bits per heavy atom. The number of benzene rings is 1. The van der Waals surface area contributed by atoms with Gasteiger partial charge in [0.15, 0.2) is 68.1 Å². The number of carbonyl (C=O) groups is 2. The summed E-state index contributed by atoms with van der Waals surface area (Å²) in [5.41, 5.74) is 0.466. The molecule has 5 saturated heterocycles. The Balaban J connectivity index is 1.54. The van der Waals surface area contributed by atoms with E-state index in [2.05, 4.69) is 20.9 Å². The standard InChI is InChI=1S/C44H68O55S9/c1-76-21-18(14-82-100(49,50)51)86-42(34(24(21)77-2)96-105(64,65)66)90-27-25(78-3)33(79-4)41(92-31(27)38(45)46)88-23-20(16-84-102(55,56)57)87-43(37(99-108(73,74)75)30(23)95-104(61,62)63)91-28-26(81-13-9-12-17-10-7-6-8-11-17)35(97-106(67,68)69)44(93-32(28)39(47)48)89-22-19(15-83-101(52,53)54)85-40(80-5)36(98-107(70,71)72)29(22)94-103(58,59)60/h6-8,10-11,18-37,40-44H,9,12-16H2,1-5H3,(H,45,46)(H,47,48)(H,49,50,51)(H,52,53,54)(H,55,56,57)(H,58,59,60)(H,61,62,63)(H,64,65,66)(H,67,68,69)(H,70,71,72)(H,73,74,75)/t18-,19-,20-,21-,22-,23-,24+,25+,26+,27+,28+,29+,30+,31+,32-,33-,34-,35-,36-,37-,40+,41-,42+,43+,44-/m1/s1. The number of hydrogen-bond acceptors (Lipinski definition) is 44. The Labute approximate surface area is 611 Å². The lowest BCUT2D eigenvalue weighted by molar-refractivity contribution is -0.386. The highest BCUT2D eigenvalue weighted by Gasteiger charge is 2.63. The number of aliphatic carboxylic acids is 2. The predicted molar refractivity (Wildman–Crippen MR) is 324 cm³/mol. The molecular formula is C44H68O55S9. The fourth-order valence-electron chi connectivity index (χ4n) is 11.3. The highest BCUT2D eigenvalue weighted by atomic mass is 32.3. The molecule has 0 aliphatic carbocycles. The maximum Gasteiger partial charge on any atom is 0.397 e. The number of methoxy groups -OCH3 is 5. The Kier molecular flexibility index (Phi) is 32.6. The lowest BCUT2D eigenvalue weighted by atomic mass is 9.94. The SMILES string of the molecule is CO[C@H]1O[C@H](COS(=O)(=O)O)[C@@H](O[C@@H]2O[C@@H](C(=O)O)[C@@H](O[C@@H]3O[C@H](COS(=O)(=O)O)[C@@H](O[C@@H]4O[C@H](C(=O)O)[C@@H](O[C@@H]5O[C@H](COS(=O)(=O)O)[C@@H](OC)[C@H](OC)[C@H]5OS(=O)(=O)O)[C@H](OC)[C@H]4OC)[C@H](OS(=O)(=O)O)[C@H]3OS(=O)(=O)O)[C@H](OCCCc3ccccc3)[C@H]2OS(=O)(=O)O)[C@H](OS(=O)(=O)O)[C@H]1OS(=O)(=O)O. The van der Waals surface area contributed by atoms with Gasteiger partial charge in [0.25, 0.3) is 0 Å². The van der Waals surface area contributed by atoms with E-state index >= 15 is 0 Å². The van der Waals surface area contributed by atoms with Crippen molar-refractivity contribution in [2.45, 2.75) is 166 Å². The molecule has 5 aliphatic rings. The molecule has 25 atom stereocenters. The number of ether oxygens (including phenoxy) is 15. The van der Waals surface area contributed by atoms with Crippen molar-refractivity contribution in [2.24, 2.45) is 0 Å². The molecule has 0 bridgehead atoms. The summed E-state index contributed by atoms with van der Waals surface area (Å²) < 4.78 is 439. The maximum absolute atomic E-state index is 13.8. The third kappa shape index (κ3) is 28.1. The van der Waals surface area contributed by atoms with Gasteiger partial charge in [0.05, 0.1) is 19.8 Å². The van der Waals surface area contributed by atoms with Crippen molar-refractivity contribution < 1.29 is 245 Å². The lowest BCUT2D eigenvalue weighted by Crippen LogP contribution is -2.70. The third-order valence-electron chi connectivity index (χ3n) is 15.0. The molecule has 6 rings (SSSR count). The fraction of sp³-hybridized carbons (Fsp3) is 0.818. The van der Waals surface area contributed by atoms with Crippen molar-refractivity contribution in [2.75, 3.05) is 62.0 Å². The van der Waals surface area contributed by atoms with Gasteiger partial charge in [-0.1, -0.05) is 30.3 Å². The molecule has 64 heteroatoms. The molecule has 628 valence electrons. The third-order valence-corrected chi connectivity index (χ3v) is 19.1. The Morgan fingerprint density at radius 3 is 0.954 bits per heavy atom. The summed E-state index contributed by atoms with van der Waals surface area (Å²) >= 11 is 0. The zero-order valence-electron chi connectivity index (χ0n) is 54.6. The summed E-state index contributed by atoms with van der Waals surface area (Å²) in [5.74, 6) is -4.75. The van der Waals surface area contributed by atoms with Crippen LogP contribution >= 0.6 is 0 Å². The zero-order chi connectivity index (χ0) is 81.4. The first-order chi connectivity index (χ1) is 49.6. The summed E-state index contributed by atoms with van der Waals surface area (Å²) in [6.07, 6.45) is -69.4. The second kappa shape index (κ2) is 37.8. The minimum Gasteiger partial charge on any atom is -0.479 e. The smallest absolute Gasteiger partial charge is 0.397 e. The average molecular weight is 1770 g/mol. The average Bonchev–Trinajstić information content (AvgIpc) is 0.754. The van der Waals surface area contributed by atoms with E-state index in [4.69, 9.17) is 87.8 Å². The Morgan fingerprint density at radius 2 is 0.611 bits per heavy atom.